The highest BCUT2D eigenvalue weighted by Gasteiger charge is 2.36. The lowest BCUT2D eigenvalue weighted by molar-refractivity contribution is -0.149. The van der Waals surface area contributed by atoms with E-state index in [0.29, 0.717) is 0 Å². The number of aliphatic carboxylic acids is 1. The second-order valence-corrected chi connectivity index (χ2v) is 4.34. The first-order valence-electron chi connectivity index (χ1n) is 5.56. The summed E-state index contributed by atoms with van der Waals surface area (Å²) in [5, 5.41) is 8.56. The van der Waals surface area contributed by atoms with Gasteiger partial charge < -0.3 is 20.6 Å². The second-order valence-electron chi connectivity index (χ2n) is 4.34. The van der Waals surface area contributed by atoms with Gasteiger partial charge in [0.1, 0.15) is 19.6 Å². The lowest BCUT2D eigenvalue weighted by Gasteiger charge is -2.32. The van der Waals surface area contributed by atoms with E-state index < -0.39 is 49.8 Å². The van der Waals surface area contributed by atoms with Crippen molar-refractivity contribution in [1.29, 1.82) is 0 Å². The maximum Gasteiger partial charge on any atom is 0.406 e. The van der Waals surface area contributed by atoms with Crippen LogP contribution in [0.25, 0.3) is 0 Å². The number of rotatable bonds is 6. The van der Waals surface area contributed by atoms with Crippen molar-refractivity contribution >= 4 is 17.9 Å². The van der Waals surface area contributed by atoms with Crippen LogP contribution in [0.5, 0.6) is 0 Å². The predicted octanol–water partition coefficient (Wildman–Crippen LogP) is 0.251. The summed E-state index contributed by atoms with van der Waals surface area (Å²) in [5.74, 6) is -2.50. The molecule has 0 unspecified atom stereocenters. The van der Waals surface area contributed by atoms with Gasteiger partial charge in [-0.05, 0) is 13.8 Å². The van der Waals surface area contributed by atoms with Gasteiger partial charge in [0.25, 0.3) is 0 Å². The van der Waals surface area contributed by atoms with Crippen molar-refractivity contribution in [2.24, 2.45) is 5.73 Å². The Morgan fingerprint density at radius 1 is 1.20 bits per heavy atom. The van der Waals surface area contributed by atoms with Crippen LogP contribution < -0.4 is 5.73 Å². The smallest absolute Gasteiger partial charge is 0.406 e. The molecule has 7 nitrogen and oxygen atoms in total. The Bertz CT molecular complexity index is 384. The van der Waals surface area contributed by atoms with E-state index in [0.717, 1.165) is 4.90 Å². The molecule has 0 fully saturated rings. The Hall–Kier alpha value is -2.00. The van der Waals surface area contributed by atoms with Gasteiger partial charge in [0.05, 0.1) is 0 Å². The van der Waals surface area contributed by atoms with E-state index in [1.807, 2.05) is 0 Å². The Morgan fingerprint density at radius 3 is 2.00 bits per heavy atom. The second kappa shape index (κ2) is 6.96. The van der Waals surface area contributed by atoms with Crippen molar-refractivity contribution in [3.8, 4) is 0 Å². The maximum atomic E-state index is 12.3. The average Bonchev–Trinajstić information content (AvgIpc) is 2.20. The summed E-state index contributed by atoms with van der Waals surface area (Å²) in [6.45, 7) is -0.508. The summed E-state index contributed by atoms with van der Waals surface area (Å²) in [6.07, 6.45) is -4.75. The van der Waals surface area contributed by atoms with E-state index in [9.17, 15) is 27.6 Å². The van der Waals surface area contributed by atoms with Gasteiger partial charge in [-0.3, -0.25) is 9.59 Å². The third-order valence-corrected chi connectivity index (χ3v) is 2.16. The zero-order chi connectivity index (χ0) is 16.1. The summed E-state index contributed by atoms with van der Waals surface area (Å²) < 4.78 is 37.0. The summed E-state index contributed by atoms with van der Waals surface area (Å²) in [7, 11) is 0. The number of urea groups is 1. The molecule has 116 valence electrons. The molecule has 3 amide bonds. The van der Waals surface area contributed by atoms with Gasteiger partial charge in [-0.25, -0.2) is 4.79 Å². The minimum absolute atomic E-state index is 0.102. The Balaban J connectivity index is 5.15. The van der Waals surface area contributed by atoms with Gasteiger partial charge in [0, 0.05) is 6.04 Å². The molecule has 0 atom stereocenters. The number of nitrogens with zero attached hydrogens (tertiary/aromatic N) is 2. The number of hydrogen-bond donors (Lipinski definition) is 2. The lowest BCUT2D eigenvalue weighted by Crippen LogP contribution is -2.53. The molecule has 0 spiro atoms. The minimum atomic E-state index is -4.75. The molecule has 0 aromatic rings. The van der Waals surface area contributed by atoms with E-state index in [4.69, 9.17) is 10.8 Å². The highest BCUT2D eigenvalue weighted by molar-refractivity contribution is 5.85. The Kier molecular flexibility index (Phi) is 6.27. The number of carbonyl (C=O) groups excluding carboxylic acids is 2. The van der Waals surface area contributed by atoms with Gasteiger partial charge >= 0.3 is 18.2 Å². The fourth-order valence-electron chi connectivity index (χ4n) is 1.39. The van der Waals surface area contributed by atoms with E-state index in [1.165, 1.54) is 13.8 Å². The van der Waals surface area contributed by atoms with Crippen molar-refractivity contribution in [2.45, 2.75) is 26.1 Å². The van der Waals surface area contributed by atoms with Gasteiger partial charge in [0.15, 0.2) is 0 Å². The van der Waals surface area contributed by atoms with E-state index >= 15 is 0 Å². The number of carboxylic acid groups (broad SMARTS) is 1. The van der Waals surface area contributed by atoms with E-state index in [2.05, 4.69) is 0 Å². The van der Waals surface area contributed by atoms with Crippen molar-refractivity contribution in [1.82, 2.24) is 9.80 Å². The summed E-state index contributed by atoms with van der Waals surface area (Å²) >= 11 is 0. The first kappa shape index (κ1) is 18.0. The Labute approximate surface area is 113 Å². The number of alkyl halides is 3. The summed E-state index contributed by atoms with van der Waals surface area (Å²) in [4.78, 5) is 34.2. The Morgan fingerprint density at radius 2 is 1.70 bits per heavy atom. The standard InChI is InChI=1S/C10H16F3N3O4/c1-6(2)16(3-7(14)17)9(20)15(4-8(18)19)5-10(11,12)13/h6H,3-5H2,1-2H3,(H2,14,17)(H,18,19). The molecule has 0 aliphatic carbocycles. The fraction of sp³-hybridized carbons (Fsp3) is 0.700. The molecule has 3 N–H and O–H groups in total. The third-order valence-electron chi connectivity index (χ3n) is 2.16. The average molecular weight is 299 g/mol. The van der Waals surface area contributed by atoms with E-state index in [1.54, 1.807) is 0 Å². The number of halogens is 3. The van der Waals surface area contributed by atoms with Gasteiger partial charge in [-0.2, -0.15) is 13.2 Å². The zero-order valence-corrected chi connectivity index (χ0v) is 11.0. The highest BCUT2D eigenvalue weighted by atomic mass is 19.4. The van der Waals surface area contributed by atoms with Crippen LogP contribution >= 0.6 is 0 Å². The normalized spacial score (nSPS) is 11.3. The van der Waals surface area contributed by atoms with Gasteiger partial charge in [-0.1, -0.05) is 0 Å². The van der Waals surface area contributed by atoms with Crippen LogP contribution in [0.15, 0.2) is 0 Å². The van der Waals surface area contributed by atoms with Gasteiger partial charge in [0.2, 0.25) is 5.91 Å². The molecule has 0 saturated carbocycles. The lowest BCUT2D eigenvalue weighted by atomic mass is 10.3. The first-order valence-corrected chi connectivity index (χ1v) is 5.56. The number of primary amides is 1. The molecule has 20 heavy (non-hydrogen) atoms. The van der Waals surface area contributed by atoms with Gasteiger partial charge in [-0.15, -0.1) is 0 Å². The molecule has 0 saturated heterocycles. The summed E-state index contributed by atoms with van der Waals surface area (Å²) in [5.41, 5.74) is 4.91. The van der Waals surface area contributed by atoms with Crippen molar-refractivity contribution in [2.75, 3.05) is 19.6 Å². The van der Waals surface area contributed by atoms with E-state index in [-0.39, 0.29) is 4.90 Å². The third kappa shape index (κ3) is 6.81. The summed E-state index contributed by atoms with van der Waals surface area (Å²) in [6, 6.07) is -1.82. The fourth-order valence-corrected chi connectivity index (χ4v) is 1.39. The molecule has 0 bridgehead atoms. The van der Waals surface area contributed by atoms with Crippen LogP contribution in [0.1, 0.15) is 13.8 Å². The minimum Gasteiger partial charge on any atom is -0.480 e. The molecular weight excluding hydrogens is 283 g/mol. The predicted molar refractivity (Wildman–Crippen MR) is 61.7 cm³/mol. The first-order chi connectivity index (χ1) is 8.94. The number of amides is 3. The molecular formula is C10H16F3N3O4. The van der Waals surface area contributed by atoms with Crippen molar-refractivity contribution < 1.29 is 32.7 Å². The van der Waals surface area contributed by atoms with Crippen LogP contribution in [0, 0.1) is 0 Å². The van der Waals surface area contributed by atoms with Crippen molar-refractivity contribution in [3.63, 3.8) is 0 Å². The van der Waals surface area contributed by atoms with Crippen LogP contribution in [-0.2, 0) is 9.59 Å². The molecule has 0 aromatic carbocycles. The largest absolute Gasteiger partial charge is 0.480 e. The van der Waals surface area contributed by atoms with Crippen molar-refractivity contribution in [3.05, 3.63) is 0 Å². The van der Waals surface area contributed by atoms with Crippen LogP contribution in [0.4, 0.5) is 18.0 Å². The topological polar surface area (TPSA) is 104 Å². The maximum absolute atomic E-state index is 12.3. The highest BCUT2D eigenvalue weighted by Crippen LogP contribution is 2.18. The molecule has 0 radical (unpaired) electrons. The molecule has 10 heteroatoms. The molecule has 0 heterocycles. The molecule has 0 aliphatic heterocycles. The van der Waals surface area contributed by atoms with Crippen LogP contribution in [0.3, 0.4) is 0 Å². The SMILES string of the molecule is CC(C)N(CC(N)=O)C(=O)N(CC(=O)O)CC(F)(F)F. The number of hydrogen-bond acceptors (Lipinski definition) is 3. The zero-order valence-electron chi connectivity index (χ0n) is 11.0. The van der Waals surface area contributed by atoms with Crippen LogP contribution in [-0.4, -0.2) is 64.7 Å². The monoisotopic (exact) mass is 299 g/mol. The number of carboxylic acids is 1. The quantitative estimate of drug-likeness (QED) is 0.733. The molecule has 0 rings (SSSR count). The number of nitrogens with two attached hydrogens (primary N) is 1. The number of carbonyl (C=O) groups is 3. The van der Waals surface area contributed by atoms with Crippen LogP contribution in [0.2, 0.25) is 0 Å². The molecule has 0 aliphatic rings. The molecule has 0 aromatic heterocycles.